The van der Waals surface area contributed by atoms with E-state index in [4.69, 9.17) is 5.73 Å². The Kier molecular flexibility index (Phi) is 2.58. The molecule has 1 unspecified atom stereocenters. The van der Waals surface area contributed by atoms with Gasteiger partial charge in [0.2, 0.25) is 0 Å². The van der Waals surface area contributed by atoms with Gasteiger partial charge >= 0.3 is 0 Å². The van der Waals surface area contributed by atoms with Gasteiger partial charge in [-0.1, -0.05) is 6.07 Å². The lowest BCUT2D eigenvalue weighted by atomic mass is 10.1. The van der Waals surface area contributed by atoms with Crippen LogP contribution in [0.2, 0.25) is 0 Å². The van der Waals surface area contributed by atoms with E-state index in [2.05, 4.69) is 39.3 Å². The van der Waals surface area contributed by atoms with Crippen LogP contribution in [-0.4, -0.2) is 11.5 Å². The molecule has 0 saturated heterocycles. The highest BCUT2D eigenvalue weighted by atomic mass is 31.0. The Hall–Kier alpha value is -0.850. The van der Waals surface area contributed by atoms with Crippen LogP contribution in [0, 0.1) is 6.92 Å². The molecule has 0 amide bonds. The number of nitrogens with two attached hydrogens (primary N) is 1. The molecule has 2 rings (SSSR count). The lowest BCUT2D eigenvalue weighted by Crippen LogP contribution is -2.03. The average molecular weight is 206 g/mol. The van der Waals surface area contributed by atoms with Crippen molar-refractivity contribution < 1.29 is 0 Å². The third-order valence-electron chi connectivity index (χ3n) is 2.54. The van der Waals surface area contributed by atoms with E-state index < -0.39 is 0 Å². The number of aromatic amines is 1. The molecule has 0 radical (unpaired) electrons. The summed E-state index contributed by atoms with van der Waals surface area (Å²) in [6.45, 7) is 2.81. The molecule has 1 aromatic heterocycles. The maximum Gasteiger partial charge on any atom is 0.0459 e. The predicted molar refractivity (Wildman–Crippen MR) is 65.1 cm³/mol. The van der Waals surface area contributed by atoms with Gasteiger partial charge in [-0.25, -0.2) is 0 Å². The maximum absolute atomic E-state index is 5.60. The zero-order valence-corrected chi connectivity index (χ0v) is 9.46. The molecule has 0 saturated carbocycles. The van der Waals surface area contributed by atoms with E-state index in [0.717, 1.165) is 6.42 Å². The Morgan fingerprint density at radius 1 is 1.43 bits per heavy atom. The summed E-state index contributed by atoms with van der Waals surface area (Å²) in [5, 5.41) is 2.52. The van der Waals surface area contributed by atoms with Crippen LogP contribution in [0.1, 0.15) is 11.3 Å². The van der Waals surface area contributed by atoms with Gasteiger partial charge in [-0.2, -0.15) is 0 Å². The van der Waals surface area contributed by atoms with Crippen molar-refractivity contribution in [3.63, 3.8) is 0 Å². The smallest absolute Gasteiger partial charge is 0.0459 e. The van der Waals surface area contributed by atoms with Crippen LogP contribution in [0.4, 0.5) is 0 Å². The van der Waals surface area contributed by atoms with Gasteiger partial charge in [0.25, 0.3) is 0 Å². The molecule has 0 spiro atoms. The number of hydrogen-bond donors (Lipinski definition) is 2. The topological polar surface area (TPSA) is 41.8 Å². The second kappa shape index (κ2) is 3.72. The molecule has 0 aliphatic carbocycles. The Morgan fingerprint density at radius 2 is 2.21 bits per heavy atom. The minimum Gasteiger partial charge on any atom is -0.358 e. The van der Waals surface area contributed by atoms with E-state index in [1.54, 1.807) is 0 Å². The standard InChI is InChI=1S/C11H15N2P/c1-7-9(4-5-12)10-6-8(14)2-3-11(10)13-7/h2-3,6,13H,4-5,12,14H2,1H3. The second-order valence-electron chi connectivity index (χ2n) is 3.57. The summed E-state index contributed by atoms with van der Waals surface area (Å²) >= 11 is 0. The summed E-state index contributed by atoms with van der Waals surface area (Å²) in [5.41, 5.74) is 9.39. The van der Waals surface area contributed by atoms with Crippen LogP contribution in [0.3, 0.4) is 0 Å². The molecule has 2 nitrogen and oxygen atoms in total. The van der Waals surface area contributed by atoms with Gasteiger partial charge in [0.05, 0.1) is 0 Å². The molecule has 0 aliphatic heterocycles. The number of H-pyrrole nitrogens is 1. The first-order chi connectivity index (χ1) is 6.72. The number of aryl methyl sites for hydroxylation is 1. The van der Waals surface area contributed by atoms with Gasteiger partial charge in [-0.15, -0.1) is 9.24 Å². The largest absolute Gasteiger partial charge is 0.358 e. The zero-order chi connectivity index (χ0) is 10.1. The van der Waals surface area contributed by atoms with Crippen molar-refractivity contribution in [2.75, 3.05) is 6.54 Å². The monoisotopic (exact) mass is 206 g/mol. The fourth-order valence-corrected chi connectivity index (χ4v) is 2.13. The number of hydrogen-bond acceptors (Lipinski definition) is 1. The average Bonchev–Trinajstić information content (AvgIpc) is 2.45. The van der Waals surface area contributed by atoms with Crippen molar-refractivity contribution in [3.8, 4) is 0 Å². The highest BCUT2D eigenvalue weighted by Crippen LogP contribution is 2.21. The number of fused-ring (bicyclic) bond motifs is 1. The van der Waals surface area contributed by atoms with Crippen LogP contribution >= 0.6 is 9.24 Å². The van der Waals surface area contributed by atoms with Crippen molar-refractivity contribution >= 4 is 25.4 Å². The van der Waals surface area contributed by atoms with Gasteiger partial charge in [-0.3, -0.25) is 0 Å². The van der Waals surface area contributed by atoms with Crippen LogP contribution < -0.4 is 11.0 Å². The van der Waals surface area contributed by atoms with E-state index in [-0.39, 0.29) is 0 Å². The molecule has 0 bridgehead atoms. The van der Waals surface area contributed by atoms with Crippen LogP contribution in [0.25, 0.3) is 10.9 Å². The Morgan fingerprint density at radius 3 is 2.93 bits per heavy atom. The Bertz CT molecular complexity index is 460. The van der Waals surface area contributed by atoms with E-state index in [1.165, 1.54) is 27.5 Å². The minimum atomic E-state index is 0.703. The molecule has 14 heavy (non-hydrogen) atoms. The summed E-state index contributed by atoms with van der Waals surface area (Å²) in [6.07, 6.45) is 0.944. The Labute approximate surface area is 86.1 Å². The van der Waals surface area contributed by atoms with Crippen LogP contribution in [0.5, 0.6) is 0 Å². The molecule has 0 aliphatic rings. The predicted octanol–water partition coefficient (Wildman–Crippen LogP) is 1.48. The third-order valence-corrected chi connectivity index (χ3v) is 2.90. The third kappa shape index (κ3) is 1.56. The number of benzene rings is 1. The normalized spacial score (nSPS) is 11.1. The van der Waals surface area contributed by atoms with Gasteiger partial charge in [-0.05, 0) is 42.9 Å². The summed E-state index contributed by atoms with van der Waals surface area (Å²) < 4.78 is 0. The number of rotatable bonds is 2. The molecule has 1 aromatic carbocycles. The van der Waals surface area contributed by atoms with Crippen molar-refractivity contribution in [1.82, 2.24) is 4.98 Å². The minimum absolute atomic E-state index is 0.703. The molecule has 3 N–H and O–H groups in total. The zero-order valence-electron chi connectivity index (χ0n) is 8.30. The van der Waals surface area contributed by atoms with Crippen LogP contribution in [-0.2, 0) is 6.42 Å². The lowest BCUT2D eigenvalue weighted by Gasteiger charge is -1.98. The molecule has 1 heterocycles. The summed E-state index contributed by atoms with van der Waals surface area (Å²) in [7, 11) is 2.72. The van der Waals surface area contributed by atoms with E-state index in [9.17, 15) is 0 Å². The van der Waals surface area contributed by atoms with Gasteiger partial charge in [0.15, 0.2) is 0 Å². The van der Waals surface area contributed by atoms with Crippen molar-refractivity contribution in [3.05, 3.63) is 29.5 Å². The molecular weight excluding hydrogens is 191 g/mol. The Balaban J connectivity index is 2.66. The molecule has 2 aromatic rings. The van der Waals surface area contributed by atoms with E-state index >= 15 is 0 Å². The second-order valence-corrected chi connectivity index (χ2v) is 4.24. The highest BCUT2D eigenvalue weighted by molar-refractivity contribution is 7.27. The fourth-order valence-electron chi connectivity index (χ4n) is 1.87. The summed E-state index contributed by atoms with van der Waals surface area (Å²) in [5.74, 6) is 0. The first-order valence-electron chi connectivity index (χ1n) is 4.79. The highest BCUT2D eigenvalue weighted by Gasteiger charge is 2.06. The van der Waals surface area contributed by atoms with Crippen molar-refractivity contribution in [2.45, 2.75) is 13.3 Å². The molecule has 74 valence electrons. The number of nitrogens with one attached hydrogen (secondary N) is 1. The molecule has 0 fully saturated rings. The SMILES string of the molecule is Cc1[nH]c2ccc(P)cc2c1CCN. The van der Waals surface area contributed by atoms with Crippen LogP contribution in [0.15, 0.2) is 18.2 Å². The van der Waals surface area contributed by atoms with E-state index in [0.29, 0.717) is 6.54 Å². The molecular formula is C11H15N2P. The molecule has 1 atom stereocenters. The maximum atomic E-state index is 5.60. The first-order valence-corrected chi connectivity index (χ1v) is 5.37. The summed E-state index contributed by atoms with van der Waals surface area (Å²) in [4.78, 5) is 3.37. The molecule has 3 heteroatoms. The van der Waals surface area contributed by atoms with Gasteiger partial charge < -0.3 is 10.7 Å². The first kappa shape index (κ1) is 9.70. The quantitative estimate of drug-likeness (QED) is 0.718. The van der Waals surface area contributed by atoms with Crippen molar-refractivity contribution in [1.29, 1.82) is 0 Å². The van der Waals surface area contributed by atoms with Crippen molar-refractivity contribution in [2.24, 2.45) is 5.73 Å². The van der Waals surface area contributed by atoms with Gasteiger partial charge in [0, 0.05) is 16.6 Å². The number of aromatic nitrogens is 1. The summed E-state index contributed by atoms with van der Waals surface area (Å²) in [6, 6.07) is 6.40. The van der Waals surface area contributed by atoms with E-state index in [1.807, 2.05) is 0 Å². The van der Waals surface area contributed by atoms with Gasteiger partial charge in [0.1, 0.15) is 0 Å². The lowest BCUT2D eigenvalue weighted by molar-refractivity contribution is 0.963. The fraction of sp³-hybridized carbons (Fsp3) is 0.273.